The van der Waals surface area contributed by atoms with E-state index in [4.69, 9.17) is 0 Å². The summed E-state index contributed by atoms with van der Waals surface area (Å²) in [6.07, 6.45) is 7.59. The van der Waals surface area contributed by atoms with Gasteiger partial charge in [0.2, 0.25) is 5.91 Å². The molecule has 1 amide bonds. The molecule has 0 saturated heterocycles. The Morgan fingerprint density at radius 1 is 1.40 bits per heavy atom. The maximum atomic E-state index is 11.4. The zero-order valence-corrected chi connectivity index (χ0v) is 9.34. The second kappa shape index (κ2) is 6.38. The third-order valence-corrected chi connectivity index (χ3v) is 2.51. The minimum Gasteiger partial charge on any atom is -0.330 e. The van der Waals surface area contributed by atoms with Gasteiger partial charge < -0.3 is 5.32 Å². The van der Waals surface area contributed by atoms with Gasteiger partial charge in [-0.15, -0.1) is 0 Å². The van der Waals surface area contributed by atoms with Crippen LogP contribution in [0.15, 0.2) is 11.8 Å². The van der Waals surface area contributed by atoms with Crippen LogP contribution >= 0.6 is 0 Å². The predicted octanol–water partition coefficient (Wildman–Crippen LogP) is 2.32. The van der Waals surface area contributed by atoms with Crippen LogP contribution in [-0.4, -0.2) is 11.7 Å². The van der Waals surface area contributed by atoms with Crippen LogP contribution in [0.1, 0.15) is 51.9 Å². The van der Waals surface area contributed by atoms with Crippen LogP contribution in [0.25, 0.3) is 0 Å². The number of unbranched alkanes of at least 4 members (excludes halogenated alkanes) is 2. The van der Waals surface area contributed by atoms with Gasteiger partial charge in [0.05, 0.1) is 0 Å². The van der Waals surface area contributed by atoms with Gasteiger partial charge >= 0.3 is 0 Å². The Bertz CT molecular complexity index is 269. The molecule has 0 aliphatic heterocycles. The molecule has 1 N–H and O–H groups in total. The lowest BCUT2D eigenvalue weighted by Crippen LogP contribution is -2.24. The Hall–Kier alpha value is -1.12. The number of carbonyl (C=O) groups is 2. The summed E-state index contributed by atoms with van der Waals surface area (Å²) in [5, 5.41) is 2.81. The molecule has 0 aromatic carbocycles. The molecule has 1 aliphatic rings. The molecule has 0 saturated carbocycles. The molecular weight excluding hydrogens is 190 g/mol. The number of nitrogens with one attached hydrogen (secondary N) is 1. The van der Waals surface area contributed by atoms with Crippen LogP contribution in [0.4, 0.5) is 0 Å². The highest BCUT2D eigenvalue weighted by Gasteiger charge is 2.11. The standard InChI is InChI=1S/C12H19NO2/c1-2-3-4-8-12(15)13-10-6-5-7-11(14)9-10/h9H,2-8H2,1H3,(H,13,15). The van der Waals surface area contributed by atoms with E-state index < -0.39 is 0 Å². The highest BCUT2D eigenvalue weighted by Crippen LogP contribution is 2.12. The number of rotatable bonds is 5. The van der Waals surface area contributed by atoms with Gasteiger partial charge in [0.1, 0.15) is 0 Å². The third kappa shape index (κ3) is 4.77. The first kappa shape index (κ1) is 12.0. The Labute approximate surface area is 90.9 Å². The molecule has 3 nitrogen and oxygen atoms in total. The van der Waals surface area contributed by atoms with Gasteiger partial charge in [-0.25, -0.2) is 0 Å². The first-order valence-electron chi connectivity index (χ1n) is 5.75. The molecule has 1 rings (SSSR count). The minimum atomic E-state index is 0.0457. The van der Waals surface area contributed by atoms with Crippen molar-refractivity contribution in [1.29, 1.82) is 0 Å². The number of hydrogen-bond donors (Lipinski definition) is 1. The van der Waals surface area contributed by atoms with Gasteiger partial charge in [-0.2, -0.15) is 0 Å². The third-order valence-electron chi connectivity index (χ3n) is 2.51. The summed E-state index contributed by atoms with van der Waals surface area (Å²) in [7, 11) is 0. The van der Waals surface area contributed by atoms with Crippen LogP contribution in [-0.2, 0) is 9.59 Å². The van der Waals surface area contributed by atoms with Crippen LogP contribution in [0.5, 0.6) is 0 Å². The van der Waals surface area contributed by atoms with Crippen LogP contribution < -0.4 is 5.32 Å². The van der Waals surface area contributed by atoms with Gasteiger partial charge in [0, 0.05) is 24.6 Å². The second-order valence-corrected chi connectivity index (χ2v) is 3.99. The average molecular weight is 209 g/mol. The van der Waals surface area contributed by atoms with Crippen LogP contribution in [0, 0.1) is 0 Å². The van der Waals surface area contributed by atoms with E-state index in [0.29, 0.717) is 12.8 Å². The summed E-state index contributed by atoms with van der Waals surface area (Å²) in [6, 6.07) is 0. The lowest BCUT2D eigenvalue weighted by atomic mass is 10.0. The molecule has 0 aromatic rings. The molecule has 0 fully saturated rings. The Morgan fingerprint density at radius 2 is 2.20 bits per heavy atom. The molecule has 1 aliphatic carbocycles. The fourth-order valence-corrected chi connectivity index (χ4v) is 1.67. The molecule has 84 valence electrons. The summed E-state index contributed by atoms with van der Waals surface area (Å²) < 4.78 is 0. The number of hydrogen-bond acceptors (Lipinski definition) is 2. The van der Waals surface area contributed by atoms with E-state index in [1.165, 1.54) is 0 Å². The van der Waals surface area contributed by atoms with E-state index in [1.807, 2.05) is 0 Å². The van der Waals surface area contributed by atoms with Crippen molar-refractivity contribution in [3.05, 3.63) is 11.8 Å². The Morgan fingerprint density at radius 3 is 2.87 bits per heavy atom. The normalized spacial score (nSPS) is 16.1. The first-order chi connectivity index (χ1) is 7.22. The fraction of sp³-hybridized carbons (Fsp3) is 0.667. The number of amides is 1. The maximum Gasteiger partial charge on any atom is 0.224 e. The SMILES string of the molecule is CCCCCC(=O)NC1=CC(=O)CCC1. The molecule has 0 radical (unpaired) electrons. The Kier molecular flexibility index (Phi) is 5.08. The van der Waals surface area contributed by atoms with Crippen molar-refractivity contribution < 1.29 is 9.59 Å². The smallest absolute Gasteiger partial charge is 0.224 e. The summed E-state index contributed by atoms with van der Waals surface area (Å²) in [5.74, 6) is 0.175. The van der Waals surface area contributed by atoms with Crippen molar-refractivity contribution in [3.8, 4) is 0 Å². The molecule has 3 heteroatoms. The van der Waals surface area contributed by atoms with Crippen LogP contribution in [0.3, 0.4) is 0 Å². The van der Waals surface area contributed by atoms with Gasteiger partial charge in [0.15, 0.2) is 5.78 Å². The fourth-order valence-electron chi connectivity index (χ4n) is 1.67. The van der Waals surface area contributed by atoms with Crippen molar-refractivity contribution in [1.82, 2.24) is 5.32 Å². The highest BCUT2D eigenvalue weighted by molar-refractivity contribution is 5.92. The maximum absolute atomic E-state index is 11.4. The molecule has 0 unspecified atom stereocenters. The van der Waals surface area contributed by atoms with Crippen molar-refractivity contribution in [2.75, 3.05) is 0 Å². The quantitative estimate of drug-likeness (QED) is 0.706. The molecular formula is C12H19NO2. The minimum absolute atomic E-state index is 0.0457. The number of carbonyl (C=O) groups excluding carboxylic acids is 2. The van der Waals surface area contributed by atoms with Crippen LogP contribution in [0.2, 0.25) is 0 Å². The second-order valence-electron chi connectivity index (χ2n) is 3.99. The van der Waals surface area contributed by atoms with E-state index in [1.54, 1.807) is 6.08 Å². The summed E-state index contributed by atoms with van der Waals surface area (Å²) in [5.41, 5.74) is 0.799. The van der Waals surface area contributed by atoms with E-state index in [-0.39, 0.29) is 11.7 Å². The first-order valence-corrected chi connectivity index (χ1v) is 5.75. The average Bonchev–Trinajstić information content (AvgIpc) is 2.18. The monoisotopic (exact) mass is 209 g/mol. The lowest BCUT2D eigenvalue weighted by Gasteiger charge is -2.13. The highest BCUT2D eigenvalue weighted by atomic mass is 16.1. The lowest BCUT2D eigenvalue weighted by molar-refractivity contribution is -0.120. The van der Waals surface area contributed by atoms with Gasteiger partial charge in [0.25, 0.3) is 0 Å². The van der Waals surface area contributed by atoms with Gasteiger partial charge in [-0.05, 0) is 19.3 Å². The molecule has 0 bridgehead atoms. The molecule has 0 atom stereocenters. The van der Waals surface area contributed by atoms with E-state index in [2.05, 4.69) is 12.2 Å². The van der Waals surface area contributed by atoms with E-state index in [0.717, 1.165) is 37.8 Å². The van der Waals surface area contributed by atoms with Gasteiger partial charge in [-0.3, -0.25) is 9.59 Å². The predicted molar refractivity (Wildman–Crippen MR) is 59.2 cm³/mol. The summed E-state index contributed by atoms with van der Waals surface area (Å²) >= 11 is 0. The van der Waals surface area contributed by atoms with Crippen molar-refractivity contribution >= 4 is 11.7 Å². The number of ketones is 1. The molecule has 0 aromatic heterocycles. The van der Waals surface area contributed by atoms with E-state index >= 15 is 0 Å². The van der Waals surface area contributed by atoms with Crippen molar-refractivity contribution in [2.45, 2.75) is 51.9 Å². The zero-order valence-electron chi connectivity index (χ0n) is 9.34. The Balaban J connectivity index is 2.28. The summed E-state index contributed by atoms with van der Waals surface area (Å²) in [4.78, 5) is 22.5. The summed E-state index contributed by atoms with van der Waals surface area (Å²) in [6.45, 7) is 2.11. The molecule has 0 spiro atoms. The molecule has 15 heavy (non-hydrogen) atoms. The van der Waals surface area contributed by atoms with E-state index in [9.17, 15) is 9.59 Å². The van der Waals surface area contributed by atoms with Crippen molar-refractivity contribution in [3.63, 3.8) is 0 Å². The van der Waals surface area contributed by atoms with Gasteiger partial charge in [-0.1, -0.05) is 19.8 Å². The number of allylic oxidation sites excluding steroid dienone is 2. The molecule has 0 heterocycles. The van der Waals surface area contributed by atoms with Crippen molar-refractivity contribution in [2.24, 2.45) is 0 Å². The zero-order chi connectivity index (χ0) is 11.1. The topological polar surface area (TPSA) is 46.2 Å². The largest absolute Gasteiger partial charge is 0.330 e.